The van der Waals surface area contributed by atoms with Crippen LogP contribution in [0.5, 0.6) is 11.5 Å². The molecule has 62 heavy (non-hydrogen) atoms. The molecule has 3 aromatic heterocycles. The van der Waals surface area contributed by atoms with Crippen LogP contribution in [0.2, 0.25) is 5.02 Å². The standard InChI is InChI=1S/C44H54ClN5O10S2/c1-11-23-19-44(23,41(54)49-62(55,56)25-12-13-25)48-38(52)29-16-24(20-50(29)40(53)26(42(4,5)6)17-33(51)60-43(7,8)9)58-32-18-27(28-21-61-39(47-28)22(2)3)46-36-34-30(59-37(32)36)14-15-31(57-10)35(34)45/h11,14-15,18,21-26,29H,1,12-13,16-17,19-20H2,2-10H3,(H,48,52)(H,49,54)/t23-,24-,26-,29+,44-/m1/s1. The van der Waals surface area contributed by atoms with E-state index in [0.29, 0.717) is 46.5 Å². The molecule has 2 saturated carbocycles. The SMILES string of the molecule is C=C[C@@H]1C[C@]1(NC(=O)[C@@H]1C[C@@H](Oc2cc(-c3csc(C(C)C)n3)nc3c2oc2ccc(OC)c(Cl)c23)CN1C(=O)[C@@H](CC(=O)OC(C)(C)C)C(C)(C)C)C(=O)NS(=O)(=O)C1CC1. The van der Waals surface area contributed by atoms with Gasteiger partial charge in [-0.2, -0.15) is 0 Å². The van der Waals surface area contributed by atoms with Gasteiger partial charge in [0.2, 0.25) is 21.8 Å². The van der Waals surface area contributed by atoms with Crippen LogP contribution in [0, 0.1) is 17.3 Å². The second-order valence-corrected chi connectivity index (χ2v) is 22.1. The number of furan rings is 1. The molecule has 3 fully saturated rings. The summed E-state index contributed by atoms with van der Waals surface area (Å²) in [4.78, 5) is 67.6. The Morgan fingerprint density at radius 1 is 1.10 bits per heavy atom. The molecule has 18 heteroatoms. The van der Waals surface area contributed by atoms with Gasteiger partial charge in [0, 0.05) is 29.7 Å². The maximum atomic E-state index is 14.9. The number of likely N-dealkylation sites (tertiary alicyclic amines) is 1. The summed E-state index contributed by atoms with van der Waals surface area (Å²) >= 11 is 8.36. The first-order valence-electron chi connectivity index (χ1n) is 20.7. The first-order chi connectivity index (χ1) is 29.0. The van der Waals surface area contributed by atoms with Crippen molar-refractivity contribution in [2.45, 2.75) is 122 Å². The third kappa shape index (κ3) is 9.03. The minimum absolute atomic E-state index is 0.0418. The highest BCUT2D eigenvalue weighted by Gasteiger charge is 2.62. The van der Waals surface area contributed by atoms with Crippen molar-refractivity contribution in [2.75, 3.05) is 13.7 Å². The van der Waals surface area contributed by atoms with Crippen molar-refractivity contribution < 1.29 is 46.2 Å². The number of nitrogens with one attached hydrogen (secondary N) is 2. The third-order valence-electron chi connectivity index (χ3n) is 11.5. The number of amides is 3. The van der Waals surface area contributed by atoms with E-state index >= 15 is 0 Å². The van der Waals surface area contributed by atoms with Gasteiger partial charge in [-0.05, 0) is 57.6 Å². The number of sulfonamides is 1. The molecule has 2 aliphatic carbocycles. The molecule has 1 aromatic carbocycles. The normalized spacial score (nSPS) is 22.1. The largest absolute Gasteiger partial charge is 0.495 e. The number of esters is 1. The average Bonchev–Trinajstić information content (AvgIpc) is 3.99. The first-order valence-corrected chi connectivity index (χ1v) is 23.5. The molecule has 3 amide bonds. The first kappa shape index (κ1) is 45.3. The summed E-state index contributed by atoms with van der Waals surface area (Å²) in [5.74, 6) is -3.27. The Balaban J connectivity index is 1.27. The number of nitrogens with zero attached hydrogens (tertiary/aromatic N) is 3. The summed E-state index contributed by atoms with van der Waals surface area (Å²) in [5.41, 5.74) is -1.02. The molecule has 1 aliphatic heterocycles. The van der Waals surface area contributed by atoms with Crippen molar-refractivity contribution in [3.8, 4) is 22.9 Å². The lowest BCUT2D eigenvalue weighted by atomic mass is 9.77. The van der Waals surface area contributed by atoms with Crippen molar-refractivity contribution in [3.05, 3.63) is 46.3 Å². The van der Waals surface area contributed by atoms with Crippen molar-refractivity contribution in [3.63, 3.8) is 0 Å². The molecule has 15 nitrogen and oxygen atoms in total. The molecule has 4 heterocycles. The molecule has 0 bridgehead atoms. The van der Waals surface area contributed by atoms with Crippen LogP contribution in [0.1, 0.15) is 98.4 Å². The van der Waals surface area contributed by atoms with Gasteiger partial charge in [0.25, 0.3) is 5.91 Å². The number of carbonyl (C=O) groups is 4. The molecule has 3 aliphatic rings. The minimum atomic E-state index is -3.94. The molecule has 334 valence electrons. The van der Waals surface area contributed by atoms with E-state index in [0.717, 1.165) is 5.01 Å². The maximum absolute atomic E-state index is 14.9. The van der Waals surface area contributed by atoms with E-state index in [2.05, 4.69) is 16.6 Å². The zero-order chi connectivity index (χ0) is 45.3. The maximum Gasteiger partial charge on any atom is 0.307 e. The quantitative estimate of drug-likeness (QED) is 0.0948. The van der Waals surface area contributed by atoms with E-state index < -0.39 is 79.5 Å². The molecule has 4 aromatic rings. The van der Waals surface area contributed by atoms with E-state index in [4.69, 9.17) is 40.2 Å². The Hall–Kier alpha value is -4.74. The van der Waals surface area contributed by atoms with Crippen molar-refractivity contribution in [1.29, 1.82) is 0 Å². The highest BCUT2D eigenvalue weighted by atomic mass is 35.5. The summed E-state index contributed by atoms with van der Waals surface area (Å²) in [6.45, 7) is 18.5. The molecule has 0 spiro atoms. The van der Waals surface area contributed by atoms with Gasteiger partial charge in [-0.25, -0.2) is 18.4 Å². The zero-order valence-electron chi connectivity index (χ0n) is 36.4. The number of pyridine rings is 1. The van der Waals surface area contributed by atoms with E-state index in [1.54, 1.807) is 39.0 Å². The van der Waals surface area contributed by atoms with Gasteiger partial charge in [0.15, 0.2) is 11.3 Å². The lowest BCUT2D eigenvalue weighted by molar-refractivity contribution is -0.161. The van der Waals surface area contributed by atoms with Crippen molar-refractivity contribution >= 4 is 78.7 Å². The molecule has 1 saturated heterocycles. The van der Waals surface area contributed by atoms with Crippen molar-refractivity contribution in [1.82, 2.24) is 24.9 Å². The predicted molar refractivity (Wildman–Crippen MR) is 235 cm³/mol. The minimum Gasteiger partial charge on any atom is -0.495 e. The lowest BCUT2D eigenvalue weighted by Crippen LogP contribution is -2.57. The van der Waals surface area contributed by atoms with Crippen molar-refractivity contribution in [2.24, 2.45) is 17.3 Å². The van der Waals surface area contributed by atoms with E-state index in [9.17, 15) is 27.6 Å². The summed E-state index contributed by atoms with van der Waals surface area (Å²) in [6.07, 6.45) is 1.36. The van der Waals surface area contributed by atoms with E-state index in [1.807, 2.05) is 40.0 Å². The number of hydrogen-bond donors (Lipinski definition) is 2. The Morgan fingerprint density at radius 3 is 2.39 bits per heavy atom. The molecule has 2 N–H and O–H groups in total. The second kappa shape index (κ2) is 16.4. The summed E-state index contributed by atoms with van der Waals surface area (Å²) in [7, 11) is -2.44. The number of aromatic nitrogens is 2. The highest BCUT2D eigenvalue weighted by molar-refractivity contribution is 7.91. The van der Waals surface area contributed by atoms with E-state index in [-0.39, 0.29) is 48.1 Å². The van der Waals surface area contributed by atoms with Gasteiger partial charge in [0.1, 0.15) is 45.8 Å². The van der Waals surface area contributed by atoms with Gasteiger partial charge in [-0.3, -0.25) is 23.9 Å². The Labute approximate surface area is 370 Å². The van der Waals surface area contributed by atoms with Gasteiger partial charge in [-0.1, -0.05) is 52.3 Å². The van der Waals surface area contributed by atoms with Crippen LogP contribution in [0.4, 0.5) is 0 Å². The van der Waals surface area contributed by atoms with Crippen LogP contribution in [-0.4, -0.2) is 89.2 Å². The molecular weight excluding hydrogens is 858 g/mol. The second-order valence-electron chi connectivity index (χ2n) is 18.8. The molecule has 5 atom stereocenters. The summed E-state index contributed by atoms with van der Waals surface area (Å²) < 4.78 is 52.1. The monoisotopic (exact) mass is 911 g/mol. The number of thiazole rings is 1. The predicted octanol–water partition coefficient (Wildman–Crippen LogP) is 7.30. The number of carbonyl (C=O) groups excluding carboxylic acids is 4. The van der Waals surface area contributed by atoms with E-state index in [1.165, 1.54) is 29.4 Å². The number of benzene rings is 1. The molecule has 0 unspecified atom stereocenters. The number of fused-ring (bicyclic) bond motifs is 3. The topological polar surface area (TPSA) is 196 Å². The Morgan fingerprint density at radius 2 is 1.81 bits per heavy atom. The Bertz CT molecular complexity index is 2570. The fourth-order valence-electron chi connectivity index (χ4n) is 7.87. The zero-order valence-corrected chi connectivity index (χ0v) is 38.8. The van der Waals surface area contributed by atoms with Gasteiger partial charge < -0.3 is 28.8 Å². The number of halogens is 1. The number of rotatable bonds is 14. The van der Waals surface area contributed by atoms with Crippen LogP contribution in [0.3, 0.4) is 0 Å². The highest BCUT2D eigenvalue weighted by Crippen LogP contribution is 2.47. The van der Waals surface area contributed by atoms with Gasteiger partial charge in [-0.15, -0.1) is 17.9 Å². The number of ether oxygens (including phenoxy) is 3. The fourth-order valence-corrected chi connectivity index (χ4v) is 10.4. The Kier molecular flexibility index (Phi) is 12.0. The van der Waals surface area contributed by atoms with Crippen LogP contribution < -0.4 is 19.5 Å². The smallest absolute Gasteiger partial charge is 0.307 e. The number of methoxy groups -OCH3 is 1. The van der Waals surface area contributed by atoms with Gasteiger partial charge in [0.05, 0.1) is 52.4 Å². The molecule has 7 rings (SSSR count). The lowest BCUT2D eigenvalue weighted by Gasteiger charge is -2.35. The van der Waals surface area contributed by atoms with Crippen LogP contribution in [0.25, 0.3) is 33.5 Å². The molecule has 0 radical (unpaired) electrons. The third-order valence-corrected chi connectivity index (χ3v) is 14.8. The van der Waals surface area contributed by atoms with Crippen LogP contribution in [-0.2, 0) is 33.9 Å². The number of hydrogen-bond acceptors (Lipinski definition) is 13. The summed E-state index contributed by atoms with van der Waals surface area (Å²) in [6, 6.07) is 3.90. The van der Waals surface area contributed by atoms with Crippen LogP contribution in [0.15, 0.2) is 40.7 Å². The summed E-state index contributed by atoms with van der Waals surface area (Å²) in [5, 5.41) is 5.75. The average molecular weight is 913 g/mol. The fraction of sp³-hybridized carbons (Fsp3) is 0.545. The molecular formula is C44H54ClN5O10S2. The van der Waals surface area contributed by atoms with Crippen LogP contribution >= 0.6 is 22.9 Å². The van der Waals surface area contributed by atoms with Gasteiger partial charge >= 0.3 is 5.97 Å².